The molecule has 0 spiro atoms. The molecule has 0 unspecified atom stereocenters. The molecule has 2 aliphatic rings. The third-order valence-corrected chi connectivity index (χ3v) is 8.63. The van der Waals surface area contributed by atoms with Gasteiger partial charge in [-0.1, -0.05) is 0 Å². The third kappa shape index (κ3) is 3.84. The summed E-state index contributed by atoms with van der Waals surface area (Å²) in [5.41, 5.74) is 0. The molecule has 2 aliphatic heterocycles. The summed E-state index contributed by atoms with van der Waals surface area (Å²) in [4.78, 5) is 0.202. The fourth-order valence-corrected chi connectivity index (χ4v) is 6.31. The number of benzene rings is 1. The van der Waals surface area contributed by atoms with Crippen molar-refractivity contribution in [2.45, 2.75) is 16.2 Å². The lowest BCUT2D eigenvalue weighted by molar-refractivity contribution is 0.171. The van der Waals surface area contributed by atoms with Gasteiger partial charge in [0.15, 0.2) is 11.5 Å². The Balaban J connectivity index is 1.53. The molecule has 0 saturated carbocycles. The predicted molar refractivity (Wildman–Crippen MR) is 103 cm³/mol. The number of aryl methyl sites for hydroxylation is 1. The van der Waals surface area contributed by atoms with Gasteiger partial charge in [0.25, 0.3) is 0 Å². The standard InChI is InChI=1S/C17H22N4O6S2/c1-19-13-15(12-18-19)29(24,25)21-6-2-5-20(7-8-21)28(22,23)14-3-4-16-17(11-14)27-10-9-26-16/h3-4,11-13H,2,5-10H2,1H3. The Morgan fingerprint density at radius 2 is 1.48 bits per heavy atom. The van der Waals surface area contributed by atoms with Crippen molar-refractivity contribution in [2.75, 3.05) is 39.4 Å². The molecule has 0 atom stereocenters. The van der Waals surface area contributed by atoms with Crippen molar-refractivity contribution in [1.82, 2.24) is 18.4 Å². The van der Waals surface area contributed by atoms with Gasteiger partial charge in [-0.05, 0) is 18.6 Å². The van der Waals surface area contributed by atoms with Gasteiger partial charge in [-0.25, -0.2) is 16.8 Å². The number of nitrogens with zero attached hydrogens (tertiary/aromatic N) is 4. The predicted octanol–water partition coefficient (Wildman–Crippen LogP) is 0.277. The maximum Gasteiger partial charge on any atom is 0.246 e. The zero-order valence-electron chi connectivity index (χ0n) is 15.9. The van der Waals surface area contributed by atoms with Gasteiger partial charge < -0.3 is 9.47 Å². The van der Waals surface area contributed by atoms with Gasteiger partial charge in [0.1, 0.15) is 18.1 Å². The van der Waals surface area contributed by atoms with Crippen molar-refractivity contribution in [3.63, 3.8) is 0 Å². The number of ether oxygens (including phenoxy) is 2. The smallest absolute Gasteiger partial charge is 0.246 e. The minimum atomic E-state index is -3.79. The van der Waals surface area contributed by atoms with Crippen LogP contribution in [0.25, 0.3) is 0 Å². The summed E-state index contributed by atoms with van der Waals surface area (Å²) >= 11 is 0. The lowest BCUT2D eigenvalue weighted by Gasteiger charge is -2.23. The number of fused-ring (bicyclic) bond motifs is 1. The fraction of sp³-hybridized carbons (Fsp3) is 0.471. The molecule has 1 fully saturated rings. The molecule has 29 heavy (non-hydrogen) atoms. The first-order chi connectivity index (χ1) is 13.8. The third-order valence-electron chi connectivity index (χ3n) is 4.88. The maximum atomic E-state index is 13.1. The van der Waals surface area contributed by atoms with Gasteiger partial charge in [0.05, 0.1) is 11.1 Å². The van der Waals surface area contributed by atoms with Crippen molar-refractivity contribution in [1.29, 1.82) is 0 Å². The van der Waals surface area contributed by atoms with Gasteiger partial charge in [-0.3, -0.25) is 4.68 Å². The summed E-state index contributed by atoms with van der Waals surface area (Å²) in [6.07, 6.45) is 3.12. The fourth-order valence-electron chi connectivity index (χ4n) is 3.37. The molecule has 0 aliphatic carbocycles. The molecule has 0 N–H and O–H groups in total. The summed E-state index contributed by atoms with van der Waals surface area (Å²) in [5.74, 6) is 0.910. The highest BCUT2D eigenvalue weighted by Crippen LogP contribution is 2.33. The summed E-state index contributed by atoms with van der Waals surface area (Å²) in [5, 5.41) is 3.91. The van der Waals surface area contributed by atoms with E-state index in [0.29, 0.717) is 31.1 Å². The Hall–Kier alpha value is -2.15. The highest BCUT2D eigenvalue weighted by atomic mass is 32.2. The van der Waals surface area contributed by atoms with Gasteiger partial charge >= 0.3 is 0 Å². The monoisotopic (exact) mass is 442 g/mol. The van der Waals surface area contributed by atoms with E-state index in [2.05, 4.69) is 5.10 Å². The molecule has 1 aromatic heterocycles. The molecular weight excluding hydrogens is 420 g/mol. The minimum Gasteiger partial charge on any atom is -0.486 e. The number of rotatable bonds is 4. The number of sulfonamides is 2. The highest BCUT2D eigenvalue weighted by Gasteiger charge is 2.32. The van der Waals surface area contributed by atoms with Crippen LogP contribution in [0.3, 0.4) is 0 Å². The SMILES string of the molecule is Cn1cc(S(=O)(=O)N2CCCN(S(=O)(=O)c3ccc4c(c3)OCCO4)CC2)cn1. The molecular formula is C17H22N4O6S2. The minimum absolute atomic E-state index is 0.0657. The van der Waals surface area contributed by atoms with E-state index in [9.17, 15) is 16.8 Å². The number of hydrogen-bond donors (Lipinski definition) is 0. The second kappa shape index (κ2) is 7.59. The van der Waals surface area contributed by atoms with E-state index in [1.807, 2.05) is 0 Å². The molecule has 4 rings (SSSR count). The summed E-state index contributed by atoms with van der Waals surface area (Å²) in [7, 11) is -5.86. The van der Waals surface area contributed by atoms with Gasteiger partial charge in [-0.2, -0.15) is 13.7 Å². The van der Waals surface area contributed by atoms with Gasteiger partial charge in [0.2, 0.25) is 20.0 Å². The van der Waals surface area contributed by atoms with E-state index < -0.39 is 20.0 Å². The molecule has 1 saturated heterocycles. The van der Waals surface area contributed by atoms with E-state index >= 15 is 0 Å². The number of aromatic nitrogens is 2. The van der Waals surface area contributed by atoms with Crippen LogP contribution in [-0.4, -0.2) is 74.6 Å². The zero-order valence-corrected chi connectivity index (χ0v) is 17.5. The second-order valence-electron chi connectivity index (χ2n) is 6.82. The van der Waals surface area contributed by atoms with Crippen molar-refractivity contribution >= 4 is 20.0 Å². The molecule has 158 valence electrons. The van der Waals surface area contributed by atoms with E-state index in [1.54, 1.807) is 13.1 Å². The summed E-state index contributed by atoms with van der Waals surface area (Å²) in [6.45, 7) is 1.39. The van der Waals surface area contributed by atoms with Crippen LogP contribution in [0.5, 0.6) is 11.5 Å². The number of hydrogen-bond acceptors (Lipinski definition) is 7. The van der Waals surface area contributed by atoms with Crippen LogP contribution in [-0.2, 0) is 27.1 Å². The Morgan fingerprint density at radius 1 is 0.862 bits per heavy atom. The van der Waals surface area contributed by atoms with E-state index in [4.69, 9.17) is 9.47 Å². The molecule has 0 radical (unpaired) electrons. The molecule has 1 aromatic carbocycles. The van der Waals surface area contributed by atoms with Crippen LogP contribution in [0.1, 0.15) is 6.42 Å². The molecule has 12 heteroatoms. The Bertz CT molecular complexity index is 1110. The average Bonchev–Trinajstić information content (AvgIpc) is 2.99. The molecule has 3 heterocycles. The van der Waals surface area contributed by atoms with Crippen LogP contribution in [0.2, 0.25) is 0 Å². The van der Waals surface area contributed by atoms with Crippen LogP contribution < -0.4 is 9.47 Å². The molecule has 2 aromatic rings. The Labute approximate surface area is 169 Å². The van der Waals surface area contributed by atoms with Crippen molar-refractivity contribution < 1.29 is 26.3 Å². The van der Waals surface area contributed by atoms with E-state index in [1.165, 1.54) is 37.8 Å². The van der Waals surface area contributed by atoms with Crippen molar-refractivity contribution in [2.24, 2.45) is 7.05 Å². The van der Waals surface area contributed by atoms with Crippen LogP contribution in [0, 0.1) is 0 Å². The Morgan fingerprint density at radius 3 is 2.10 bits per heavy atom. The average molecular weight is 443 g/mol. The first kappa shape index (κ1) is 20.1. The lowest BCUT2D eigenvalue weighted by Crippen LogP contribution is -2.37. The van der Waals surface area contributed by atoms with Crippen molar-refractivity contribution in [3.05, 3.63) is 30.6 Å². The topological polar surface area (TPSA) is 111 Å². The largest absolute Gasteiger partial charge is 0.486 e. The quantitative estimate of drug-likeness (QED) is 0.668. The van der Waals surface area contributed by atoms with Crippen LogP contribution >= 0.6 is 0 Å². The van der Waals surface area contributed by atoms with Crippen LogP contribution in [0.4, 0.5) is 0 Å². The van der Waals surface area contributed by atoms with E-state index in [0.717, 1.165) is 0 Å². The maximum absolute atomic E-state index is 13.1. The molecule has 0 amide bonds. The van der Waals surface area contributed by atoms with Gasteiger partial charge in [-0.15, -0.1) is 0 Å². The normalized spacial score (nSPS) is 19.1. The first-order valence-electron chi connectivity index (χ1n) is 9.17. The van der Waals surface area contributed by atoms with Gasteiger partial charge in [0, 0.05) is 45.5 Å². The van der Waals surface area contributed by atoms with E-state index in [-0.39, 0.29) is 36.0 Å². The Kier molecular flexibility index (Phi) is 5.27. The second-order valence-corrected chi connectivity index (χ2v) is 10.7. The first-order valence-corrected chi connectivity index (χ1v) is 12.0. The highest BCUT2D eigenvalue weighted by molar-refractivity contribution is 7.89. The zero-order chi connectivity index (χ0) is 20.6. The lowest BCUT2D eigenvalue weighted by atomic mass is 10.3. The summed E-state index contributed by atoms with van der Waals surface area (Å²) < 4.78 is 66.8. The molecule has 0 bridgehead atoms. The molecule has 10 nitrogen and oxygen atoms in total. The van der Waals surface area contributed by atoms with Crippen molar-refractivity contribution in [3.8, 4) is 11.5 Å². The van der Waals surface area contributed by atoms with Crippen LogP contribution in [0.15, 0.2) is 40.4 Å². The summed E-state index contributed by atoms with van der Waals surface area (Å²) in [6, 6.07) is 4.52.